The molecule has 2 unspecified atom stereocenters. The Morgan fingerprint density at radius 2 is 2.08 bits per heavy atom. The van der Waals surface area contributed by atoms with E-state index >= 15 is 0 Å². The molecule has 1 saturated heterocycles. The molecule has 6 heteroatoms. The van der Waals surface area contributed by atoms with Crippen molar-refractivity contribution in [3.8, 4) is 0 Å². The Bertz CT molecular complexity index is 553. The van der Waals surface area contributed by atoms with Crippen molar-refractivity contribution < 1.29 is 19.4 Å². The van der Waals surface area contributed by atoms with E-state index in [1.807, 2.05) is 24.3 Å². The zero-order valence-electron chi connectivity index (χ0n) is 14.8. The van der Waals surface area contributed by atoms with Crippen LogP contribution >= 0.6 is 0 Å². The van der Waals surface area contributed by atoms with Crippen molar-refractivity contribution in [1.82, 2.24) is 5.32 Å². The predicted molar refractivity (Wildman–Crippen MR) is 96.7 cm³/mol. The van der Waals surface area contributed by atoms with Crippen molar-refractivity contribution in [3.05, 3.63) is 29.8 Å². The zero-order chi connectivity index (χ0) is 18.1. The van der Waals surface area contributed by atoms with Crippen LogP contribution in [0.5, 0.6) is 0 Å². The largest absolute Gasteiger partial charge is 0.480 e. The molecule has 2 rings (SSSR count). The van der Waals surface area contributed by atoms with Gasteiger partial charge in [-0.05, 0) is 43.4 Å². The molecule has 1 aromatic rings. The molecule has 0 spiro atoms. The molecule has 138 valence electrons. The molecule has 1 aliphatic rings. The third-order valence-corrected chi connectivity index (χ3v) is 4.36. The summed E-state index contributed by atoms with van der Waals surface area (Å²) in [5, 5.41) is 15.0. The minimum Gasteiger partial charge on any atom is -0.480 e. The number of unbranched alkanes of at least 4 members (excludes halogenated alkanes) is 1. The topological polar surface area (TPSA) is 87.7 Å². The molecule has 25 heavy (non-hydrogen) atoms. The third-order valence-electron chi connectivity index (χ3n) is 4.36. The molecule has 1 fully saturated rings. The smallest absolute Gasteiger partial charge is 0.321 e. The van der Waals surface area contributed by atoms with Crippen LogP contribution in [0.25, 0.3) is 0 Å². The van der Waals surface area contributed by atoms with Gasteiger partial charge in [-0.2, -0.15) is 0 Å². The van der Waals surface area contributed by atoms with E-state index in [-0.39, 0.29) is 18.4 Å². The number of benzene rings is 1. The van der Waals surface area contributed by atoms with Gasteiger partial charge in [0.15, 0.2) is 0 Å². The Labute approximate surface area is 149 Å². The molecule has 0 saturated carbocycles. The van der Waals surface area contributed by atoms with Crippen LogP contribution in [0.3, 0.4) is 0 Å². The van der Waals surface area contributed by atoms with Crippen LogP contribution in [0.15, 0.2) is 24.3 Å². The molecular formula is C19H28N2O4. The highest BCUT2D eigenvalue weighted by Gasteiger charge is 2.23. The van der Waals surface area contributed by atoms with Gasteiger partial charge in [0.1, 0.15) is 6.04 Å². The number of carbonyl (C=O) groups excluding carboxylic acids is 1. The first kappa shape index (κ1) is 19.4. The standard InChI is InChI=1S/C19H28N2O4/c1-2-3-5-14-7-9-15(10-8-14)21-18(22)12-17(19(23)24)20-13-16-6-4-11-25-16/h7-10,16-17,20H,2-6,11-13H2,1H3,(H,21,22)(H,23,24). The first-order valence-corrected chi connectivity index (χ1v) is 9.05. The number of amides is 1. The van der Waals surface area contributed by atoms with Crippen LogP contribution in [0, 0.1) is 0 Å². The van der Waals surface area contributed by atoms with Gasteiger partial charge in [-0.1, -0.05) is 25.5 Å². The van der Waals surface area contributed by atoms with Crippen LogP contribution in [-0.2, 0) is 20.7 Å². The number of anilines is 1. The fraction of sp³-hybridized carbons (Fsp3) is 0.579. The molecule has 3 N–H and O–H groups in total. The Balaban J connectivity index is 1.80. The van der Waals surface area contributed by atoms with Gasteiger partial charge in [-0.15, -0.1) is 0 Å². The van der Waals surface area contributed by atoms with Gasteiger partial charge >= 0.3 is 5.97 Å². The molecule has 0 bridgehead atoms. The zero-order valence-corrected chi connectivity index (χ0v) is 14.8. The molecule has 0 aromatic heterocycles. The molecule has 1 heterocycles. The number of carbonyl (C=O) groups is 2. The lowest BCUT2D eigenvalue weighted by molar-refractivity contribution is -0.141. The highest BCUT2D eigenvalue weighted by Crippen LogP contribution is 2.13. The second kappa shape index (κ2) is 10.2. The lowest BCUT2D eigenvalue weighted by Gasteiger charge is -2.17. The van der Waals surface area contributed by atoms with E-state index in [1.165, 1.54) is 5.56 Å². The minimum atomic E-state index is -1.02. The first-order valence-electron chi connectivity index (χ1n) is 9.05. The second-order valence-corrected chi connectivity index (χ2v) is 6.49. The van der Waals surface area contributed by atoms with Crippen molar-refractivity contribution in [1.29, 1.82) is 0 Å². The molecule has 1 amide bonds. The summed E-state index contributed by atoms with van der Waals surface area (Å²) in [6.45, 7) is 3.33. The lowest BCUT2D eigenvalue weighted by Crippen LogP contribution is -2.43. The number of hydrogen-bond acceptors (Lipinski definition) is 4. The van der Waals surface area contributed by atoms with E-state index in [0.29, 0.717) is 12.2 Å². The van der Waals surface area contributed by atoms with Gasteiger partial charge in [-0.3, -0.25) is 9.59 Å². The maximum atomic E-state index is 12.1. The molecular weight excluding hydrogens is 320 g/mol. The molecule has 0 radical (unpaired) electrons. The maximum absolute atomic E-state index is 12.1. The van der Waals surface area contributed by atoms with Gasteiger partial charge in [0.2, 0.25) is 5.91 Å². The average molecular weight is 348 g/mol. The van der Waals surface area contributed by atoms with E-state index < -0.39 is 12.0 Å². The fourth-order valence-corrected chi connectivity index (χ4v) is 2.86. The van der Waals surface area contributed by atoms with Crippen LogP contribution < -0.4 is 10.6 Å². The summed E-state index contributed by atoms with van der Waals surface area (Å²) in [6, 6.07) is 6.80. The molecule has 1 aromatic carbocycles. The van der Waals surface area contributed by atoms with E-state index in [1.54, 1.807) is 0 Å². The van der Waals surface area contributed by atoms with Crippen LogP contribution in [-0.4, -0.2) is 42.3 Å². The highest BCUT2D eigenvalue weighted by atomic mass is 16.5. The fourth-order valence-electron chi connectivity index (χ4n) is 2.86. The third kappa shape index (κ3) is 6.84. The monoisotopic (exact) mass is 348 g/mol. The molecule has 0 aliphatic carbocycles. The number of carboxylic acids is 1. The lowest BCUT2D eigenvalue weighted by atomic mass is 10.1. The number of hydrogen-bond donors (Lipinski definition) is 3. The quantitative estimate of drug-likeness (QED) is 0.605. The number of rotatable bonds is 10. The highest BCUT2D eigenvalue weighted by molar-refractivity contribution is 5.94. The van der Waals surface area contributed by atoms with E-state index in [2.05, 4.69) is 17.6 Å². The Morgan fingerprint density at radius 3 is 2.68 bits per heavy atom. The van der Waals surface area contributed by atoms with Crippen LogP contribution in [0.2, 0.25) is 0 Å². The van der Waals surface area contributed by atoms with Crippen molar-refractivity contribution in [3.63, 3.8) is 0 Å². The summed E-state index contributed by atoms with van der Waals surface area (Å²) in [6.07, 6.45) is 5.17. The number of aryl methyl sites for hydroxylation is 1. The second-order valence-electron chi connectivity index (χ2n) is 6.49. The Morgan fingerprint density at radius 1 is 1.32 bits per heavy atom. The summed E-state index contributed by atoms with van der Waals surface area (Å²) in [5.74, 6) is -1.34. The number of nitrogens with one attached hydrogen (secondary N) is 2. The number of carboxylic acid groups (broad SMARTS) is 1. The summed E-state index contributed by atoms with van der Waals surface area (Å²) in [7, 11) is 0. The average Bonchev–Trinajstić information content (AvgIpc) is 3.11. The van der Waals surface area contributed by atoms with Crippen LogP contribution in [0.1, 0.15) is 44.6 Å². The SMILES string of the molecule is CCCCc1ccc(NC(=O)CC(NCC2CCCO2)C(=O)O)cc1. The number of ether oxygens (including phenoxy) is 1. The molecule has 2 atom stereocenters. The van der Waals surface area contributed by atoms with Gasteiger partial charge in [0, 0.05) is 18.8 Å². The van der Waals surface area contributed by atoms with Crippen LogP contribution in [0.4, 0.5) is 5.69 Å². The van der Waals surface area contributed by atoms with Gasteiger partial charge in [-0.25, -0.2) is 0 Å². The summed E-state index contributed by atoms with van der Waals surface area (Å²) < 4.78 is 5.47. The van der Waals surface area contributed by atoms with Crippen molar-refractivity contribution in [2.45, 2.75) is 57.6 Å². The Kier molecular flexibility index (Phi) is 7.88. The van der Waals surface area contributed by atoms with Crippen molar-refractivity contribution in [2.24, 2.45) is 0 Å². The maximum Gasteiger partial charge on any atom is 0.321 e. The number of aliphatic carboxylic acids is 1. The molecule has 6 nitrogen and oxygen atoms in total. The predicted octanol–water partition coefficient (Wildman–Crippen LogP) is 2.58. The van der Waals surface area contributed by atoms with Gasteiger partial charge < -0.3 is 20.5 Å². The van der Waals surface area contributed by atoms with E-state index in [0.717, 1.165) is 38.7 Å². The van der Waals surface area contributed by atoms with E-state index in [9.17, 15) is 14.7 Å². The minimum absolute atomic E-state index is 0.0422. The normalized spacial score (nSPS) is 18.0. The van der Waals surface area contributed by atoms with Crippen molar-refractivity contribution >= 4 is 17.6 Å². The van der Waals surface area contributed by atoms with Crippen molar-refractivity contribution in [2.75, 3.05) is 18.5 Å². The Hall–Kier alpha value is -1.92. The summed E-state index contributed by atoms with van der Waals surface area (Å²) >= 11 is 0. The molecule has 1 aliphatic heterocycles. The first-order chi connectivity index (χ1) is 12.1. The van der Waals surface area contributed by atoms with E-state index in [4.69, 9.17) is 4.74 Å². The van der Waals surface area contributed by atoms with Gasteiger partial charge in [0.05, 0.1) is 12.5 Å². The summed E-state index contributed by atoms with van der Waals surface area (Å²) in [5.41, 5.74) is 1.93. The summed E-state index contributed by atoms with van der Waals surface area (Å²) in [4.78, 5) is 23.5. The van der Waals surface area contributed by atoms with Gasteiger partial charge in [0.25, 0.3) is 0 Å².